The van der Waals surface area contributed by atoms with E-state index in [-0.39, 0.29) is 11.6 Å². The van der Waals surface area contributed by atoms with E-state index in [0.29, 0.717) is 11.6 Å². The van der Waals surface area contributed by atoms with Crippen LogP contribution in [0.25, 0.3) is 0 Å². The molecule has 1 rings (SSSR count). The van der Waals surface area contributed by atoms with Gasteiger partial charge in [-0.2, -0.15) is 0 Å². The summed E-state index contributed by atoms with van der Waals surface area (Å²) in [6.07, 6.45) is 1.83. The molecule has 1 aromatic carbocycles. The SMILES string of the molecule is CCOC(CC)(CC)C(NC)c1cc(Cl)ccc1OC. The molecule has 1 N–H and O–H groups in total. The fraction of sp³-hybridized carbons (Fsp3) is 0.625. The highest BCUT2D eigenvalue weighted by Gasteiger charge is 2.38. The number of ether oxygens (including phenoxy) is 2. The van der Waals surface area contributed by atoms with Crippen molar-refractivity contribution in [2.24, 2.45) is 0 Å². The monoisotopic (exact) mass is 299 g/mol. The normalized spacial score (nSPS) is 13.3. The molecule has 3 nitrogen and oxygen atoms in total. The molecule has 20 heavy (non-hydrogen) atoms. The van der Waals surface area contributed by atoms with Gasteiger partial charge in [-0.1, -0.05) is 25.4 Å². The van der Waals surface area contributed by atoms with Crippen molar-refractivity contribution in [3.05, 3.63) is 28.8 Å². The van der Waals surface area contributed by atoms with Gasteiger partial charge in [-0.3, -0.25) is 0 Å². The van der Waals surface area contributed by atoms with Crippen molar-refractivity contribution in [2.75, 3.05) is 20.8 Å². The van der Waals surface area contributed by atoms with E-state index in [4.69, 9.17) is 21.1 Å². The number of hydrogen-bond acceptors (Lipinski definition) is 3. The van der Waals surface area contributed by atoms with Crippen molar-refractivity contribution in [3.63, 3.8) is 0 Å². The van der Waals surface area contributed by atoms with E-state index in [9.17, 15) is 0 Å². The number of nitrogens with one attached hydrogen (secondary N) is 1. The Bertz CT molecular complexity index is 419. The Morgan fingerprint density at radius 2 is 1.90 bits per heavy atom. The van der Waals surface area contributed by atoms with Crippen LogP contribution in [0.3, 0.4) is 0 Å². The van der Waals surface area contributed by atoms with Gasteiger partial charge in [0.2, 0.25) is 0 Å². The molecular weight excluding hydrogens is 274 g/mol. The molecule has 0 amide bonds. The quantitative estimate of drug-likeness (QED) is 0.780. The first-order valence-electron chi connectivity index (χ1n) is 7.23. The first-order valence-corrected chi connectivity index (χ1v) is 7.60. The van der Waals surface area contributed by atoms with Gasteiger partial charge in [-0.05, 0) is 45.0 Å². The summed E-state index contributed by atoms with van der Waals surface area (Å²) in [5.41, 5.74) is 0.779. The largest absolute Gasteiger partial charge is 0.496 e. The number of rotatable bonds is 8. The van der Waals surface area contributed by atoms with Crippen LogP contribution < -0.4 is 10.1 Å². The third-order valence-electron chi connectivity index (χ3n) is 3.95. The summed E-state index contributed by atoms with van der Waals surface area (Å²) in [4.78, 5) is 0. The van der Waals surface area contributed by atoms with E-state index < -0.39 is 0 Å². The minimum Gasteiger partial charge on any atom is -0.496 e. The molecule has 1 aromatic rings. The van der Waals surface area contributed by atoms with E-state index in [0.717, 1.165) is 24.2 Å². The van der Waals surface area contributed by atoms with Gasteiger partial charge in [0.05, 0.1) is 18.8 Å². The van der Waals surface area contributed by atoms with Crippen molar-refractivity contribution >= 4 is 11.6 Å². The Morgan fingerprint density at radius 1 is 1.25 bits per heavy atom. The molecule has 0 bridgehead atoms. The van der Waals surface area contributed by atoms with Crippen LogP contribution in [-0.4, -0.2) is 26.4 Å². The lowest BCUT2D eigenvalue weighted by Crippen LogP contribution is -2.44. The molecule has 114 valence electrons. The molecule has 0 saturated carbocycles. The van der Waals surface area contributed by atoms with Gasteiger partial charge in [0.1, 0.15) is 5.75 Å². The Kier molecular flexibility index (Phi) is 6.80. The zero-order chi connectivity index (χ0) is 15.2. The summed E-state index contributed by atoms with van der Waals surface area (Å²) in [5, 5.41) is 4.09. The molecule has 0 heterocycles. The van der Waals surface area contributed by atoms with Gasteiger partial charge in [0.25, 0.3) is 0 Å². The van der Waals surface area contributed by atoms with Gasteiger partial charge in [0, 0.05) is 17.2 Å². The average molecular weight is 300 g/mol. The molecule has 0 saturated heterocycles. The van der Waals surface area contributed by atoms with E-state index in [2.05, 4.69) is 19.2 Å². The molecule has 0 aliphatic rings. The second-order valence-electron chi connectivity index (χ2n) is 4.81. The Hall–Kier alpha value is -0.770. The Labute approximate surface area is 127 Å². The van der Waals surface area contributed by atoms with E-state index in [1.165, 1.54) is 0 Å². The summed E-state index contributed by atoms with van der Waals surface area (Å²) in [5.74, 6) is 0.833. The number of hydrogen-bond donors (Lipinski definition) is 1. The second-order valence-corrected chi connectivity index (χ2v) is 5.25. The third-order valence-corrected chi connectivity index (χ3v) is 4.18. The van der Waals surface area contributed by atoms with Crippen LogP contribution in [0.2, 0.25) is 5.02 Å². The predicted octanol–water partition coefficient (Wildman–Crippen LogP) is 4.20. The summed E-state index contributed by atoms with van der Waals surface area (Å²) in [6.45, 7) is 7.02. The van der Waals surface area contributed by atoms with Gasteiger partial charge in [-0.15, -0.1) is 0 Å². The van der Waals surface area contributed by atoms with Gasteiger partial charge < -0.3 is 14.8 Å². The van der Waals surface area contributed by atoms with Crippen molar-refractivity contribution in [1.82, 2.24) is 5.32 Å². The maximum Gasteiger partial charge on any atom is 0.123 e. The van der Waals surface area contributed by atoms with Crippen molar-refractivity contribution in [2.45, 2.75) is 45.3 Å². The molecule has 0 fully saturated rings. The summed E-state index contributed by atoms with van der Waals surface area (Å²) >= 11 is 6.16. The third kappa shape index (κ3) is 3.46. The van der Waals surface area contributed by atoms with Gasteiger partial charge >= 0.3 is 0 Å². The zero-order valence-corrected chi connectivity index (χ0v) is 13.9. The first-order chi connectivity index (χ1) is 9.58. The van der Waals surface area contributed by atoms with Crippen molar-refractivity contribution < 1.29 is 9.47 Å². The first kappa shape index (κ1) is 17.3. The van der Waals surface area contributed by atoms with Crippen LogP contribution in [0.5, 0.6) is 5.75 Å². The molecule has 0 radical (unpaired) electrons. The number of likely N-dealkylation sites (N-methyl/N-ethyl adjacent to an activating group) is 1. The molecule has 1 atom stereocenters. The lowest BCUT2D eigenvalue weighted by molar-refractivity contribution is -0.0721. The predicted molar refractivity (Wildman–Crippen MR) is 84.7 cm³/mol. The second kappa shape index (κ2) is 7.87. The number of halogens is 1. The van der Waals surface area contributed by atoms with Gasteiger partial charge in [0.15, 0.2) is 0 Å². The molecule has 1 unspecified atom stereocenters. The van der Waals surface area contributed by atoms with Crippen molar-refractivity contribution in [3.8, 4) is 5.75 Å². The van der Waals surface area contributed by atoms with Crippen LogP contribution in [0, 0.1) is 0 Å². The highest BCUT2D eigenvalue weighted by atomic mass is 35.5. The number of methoxy groups -OCH3 is 1. The molecule has 0 aromatic heterocycles. The van der Waals surface area contributed by atoms with E-state index >= 15 is 0 Å². The highest BCUT2D eigenvalue weighted by Crippen LogP contribution is 2.40. The average Bonchev–Trinajstić information content (AvgIpc) is 2.47. The fourth-order valence-electron chi connectivity index (χ4n) is 2.87. The smallest absolute Gasteiger partial charge is 0.123 e. The van der Waals surface area contributed by atoms with Crippen LogP contribution in [0.4, 0.5) is 0 Å². The molecule has 0 spiro atoms. The van der Waals surface area contributed by atoms with Crippen molar-refractivity contribution in [1.29, 1.82) is 0 Å². The number of benzene rings is 1. The highest BCUT2D eigenvalue weighted by molar-refractivity contribution is 6.30. The molecule has 0 aliphatic carbocycles. The van der Waals surface area contributed by atoms with E-state index in [1.807, 2.05) is 32.2 Å². The Morgan fingerprint density at radius 3 is 2.35 bits per heavy atom. The standard InChI is InChI=1S/C16H26ClNO2/c1-6-16(7-2,20-8-3)15(18-4)13-11-12(17)9-10-14(13)19-5/h9-11,15,18H,6-8H2,1-5H3. The lowest BCUT2D eigenvalue weighted by atomic mass is 9.83. The molecule has 0 aliphatic heterocycles. The summed E-state index contributed by atoms with van der Waals surface area (Å²) in [6, 6.07) is 5.74. The summed E-state index contributed by atoms with van der Waals surface area (Å²) < 4.78 is 11.6. The topological polar surface area (TPSA) is 30.5 Å². The van der Waals surface area contributed by atoms with Crippen LogP contribution in [0.1, 0.15) is 45.2 Å². The molecular formula is C16H26ClNO2. The fourth-order valence-corrected chi connectivity index (χ4v) is 3.05. The summed E-state index contributed by atoms with van der Waals surface area (Å²) in [7, 11) is 3.63. The van der Waals surface area contributed by atoms with Crippen LogP contribution >= 0.6 is 11.6 Å². The Balaban J connectivity index is 3.32. The minimum atomic E-state index is -0.262. The maximum atomic E-state index is 6.16. The minimum absolute atomic E-state index is 0.0334. The van der Waals surface area contributed by atoms with Gasteiger partial charge in [-0.25, -0.2) is 0 Å². The zero-order valence-electron chi connectivity index (χ0n) is 13.1. The molecule has 4 heteroatoms. The lowest BCUT2D eigenvalue weighted by Gasteiger charge is -2.40. The van der Waals surface area contributed by atoms with E-state index in [1.54, 1.807) is 7.11 Å². The maximum absolute atomic E-state index is 6.16. The van der Waals surface area contributed by atoms with Crippen LogP contribution in [-0.2, 0) is 4.74 Å². The van der Waals surface area contributed by atoms with Crippen LogP contribution in [0.15, 0.2) is 18.2 Å².